The molecule has 0 unspecified atom stereocenters. The zero-order valence-corrected chi connectivity index (χ0v) is 44.9. The number of halogens is 3. The minimum atomic E-state index is -4.66. The Hall–Kier alpha value is -8.09. The fraction of sp³-hybridized carbons (Fsp3) is 0.167. The third kappa shape index (κ3) is 9.51. The van der Waals surface area contributed by atoms with Crippen LogP contribution in [0.15, 0.2) is 185 Å². The van der Waals surface area contributed by atoms with Crippen LogP contribution in [0, 0.1) is 28.9 Å². The molecule has 0 bridgehead atoms. The van der Waals surface area contributed by atoms with E-state index in [9.17, 15) is 18.4 Å². The first-order valence-electron chi connectivity index (χ1n) is 25.9. The van der Waals surface area contributed by atoms with E-state index in [1.807, 2.05) is 24.3 Å². The van der Waals surface area contributed by atoms with Crippen LogP contribution in [0.3, 0.4) is 0 Å². The van der Waals surface area contributed by atoms with Crippen LogP contribution in [0.1, 0.15) is 78.4 Å². The van der Waals surface area contributed by atoms with Crippen molar-refractivity contribution < 1.29 is 44.9 Å². The average molecular weight is 1180 g/mol. The van der Waals surface area contributed by atoms with Gasteiger partial charge in [0.1, 0.15) is 5.58 Å². The van der Waals surface area contributed by atoms with E-state index >= 15 is 0 Å². The van der Waals surface area contributed by atoms with Gasteiger partial charge in [-0.05, 0) is 112 Å². The van der Waals surface area contributed by atoms with Gasteiger partial charge in [0.15, 0.2) is 11.2 Å². The van der Waals surface area contributed by atoms with Gasteiger partial charge in [0, 0.05) is 50.9 Å². The molecule has 0 aliphatic carbocycles. The summed E-state index contributed by atoms with van der Waals surface area (Å²) in [6.45, 7) is 10.8. The summed E-state index contributed by atoms with van der Waals surface area (Å²) in [5.74, 6) is 1.21. The fourth-order valence-corrected chi connectivity index (χ4v) is 9.78. The summed E-state index contributed by atoms with van der Waals surface area (Å²) >= 11 is 0. The first kappa shape index (κ1) is 48.8. The van der Waals surface area contributed by atoms with Gasteiger partial charge in [-0.3, -0.25) is 4.98 Å². The number of nitrogens with zero attached hydrogens (tertiary/aromatic N) is 4. The fourth-order valence-electron chi connectivity index (χ4n) is 9.78. The average Bonchev–Trinajstić information content (AvgIpc) is 4.30. The molecule has 0 amide bonds. The molecule has 10 heteroatoms. The van der Waals surface area contributed by atoms with Gasteiger partial charge in [0.25, 0.3) is 0 Å². The molecule has 0 atom stereocenters. The molecule has 12 aromatic rings. The van der Waals surface area contributed by atoms with Crippen LogP contribution < -0.4 is 0 Å². The Kier molecular flexibility index (Phi) is 13.2. The minimum absolute atomic E-state index is 0. The smallest absolute Gasteiger partial charge is 0.393 e. The Morgan fingerprint density at radius 2 is 1.28 bits per heavy atom. The number of imidazole rings is 1. The molecule has 0 saturated carbocycles. The molecular weight excluding hydrogens is 1130 g/mol. The van der Waals surface area contributed by atoms with Gasteiger partial charge in [-0.2, -0.15) is 18.4 Å². The maximum atomic E-state index is 13.1. The molecule has 0 fully saturated rings. The van der Waals surface area contributed by atoms with Crippen LogP contribution in [-0.4, -0.2) is 20.7 Å². The van der Waals surface area contributed by atoms with Crippen molar-refractivity contribution in [2.75, 3.05) is 0 Å². The van der Waals surface area contributed by atoms with Crippen molar-refractivity contribution in [3.8, 4) is 56.7 Å². The Balaban J connectivity index is 0.000000253. The number of aromatic nitrogens is 3. The van der Waals surface area contributed by atoms with Crippen molar-refractivity contribution in [1.82, 2.24) is 14.5 Å². The van der Waals surface area contributed by atoms with E-state index in [2.05, 4.69) is 159 Å². The van der Waals surface area contributed by atoms with Crippen LogP contribution in [0.25, 0.3) is 105 Å². The SMILES string of the molecule is CC(C)c1cc(-c2ccc(-c3ccccc3)cc2)cc(C(C)C)c1-n1c(-c2[c-]ccc3c2oc2c3ccc3c4ccc(C#N)cc4oc32)nc2ccccc21.[2H]C([2H])(c1c[c-]c(-c2ccccn2)cc1)C(C)(C)C(F)(F)F.[Ir]. The summed E-state index contributed by atoms with van der Waals surface area (Å²) in [4.78, 5) is 9.46. The van der Waals surface area contributed by atoms with Crippen LogP contribution in [0.5, 0.6) is 0 Å². The van der Waals surface area contributed by atoms with Crippen molar-refractivity contribution >= 4 is 54.9 Å². The van der Waals surface area contributed by atoms with Crippen molar-refractivity contribution in [2.24, 2.45) is 5.41 Å². The number of nitriles is 1. The molecule has 12 rings (SSSR count). The molecular formula is C66H51F3IrN4O2-2. The number of para-hydroxylation sites is 2. The summed E-state index contributed by atoms with van der Waals surface area (Å²) in [6, 6.07) is 64.3. The molecule has 0 aliphatic rings. The summed E-state index contributed by atoms with van der Waals surface area (Å²) in [7, 11) is 0. The summed E-state index contributed by atoms with van der Waals surface area (Å²) in [6.07, 6.45) is -5.62. The van der Waals surface area contributed by atoms with E-state index in [1.54, 1.807) is 30.5 Å². The first-order chi connectivity index (χ1) is 36.9. The predicted octanol–water partition coefficient (Wildman–Crippen LogP) is 18.4. The standard InChI is InChI=1S/C50H36N3O2.C16H15F3N.Ir/c1-29(2)41-26-35(34-20-18-33(19-21-34)32-11-6-5-7-12-32)27-42(30(3)4)46(41)53-44-16-9-8-15-43(44)52-50(53)40-14-10-13-37-39-24-23-38-36-22-17-31(28-51)25-45(36)54-48(38)49(39)55-47(37)40;1-15(2,16(17,18)19)11-12-6-8-13(9-7-12)14-5-3-4-10-20-14;/h5-13,15-27,29-30H,1-4H3;3-8,10H,11H2,1-2H3;/q2*-1;/i;11D2;. The van der Waals surface area contributed by atoms with Crippen LogP contribution in [0.2, 0.25) is 0 Å². The molecule has 8 aromatic carbocycles. The Bertz CT molecular complexity index is 4190. The van der Waals surface area contributed by atoms with Gasteiger partial charge in [0.05, 0.1) is 39.5 Å². The van der Waals surface area contributed by atoms with E-state index in [1.165, 1.54) is 51.6 Å². The van der Waals surface area contributed by atoms with E-state index < -0.39 is 18.0 Å². The van der Waals surface area contributed by atoms with Crippen molar-refractivity contribution in [3.05, 3.63) is 210 Å². The van der Waals surface area contributed by atoms with Crippen molar-refractivity contribution in [2.45, 2.75) is 65.9 Å². The largest absolute Gasteiger partial charge is 0.497 e. The second-order valence-electron chi connectivity index (χ2n) is 19.9. The molecule has 4 aromatic heterocycles. The third-order valence-corrected chi connectivity index (χ3v) is 13.8. The molecule has 1 radical (unpaired) electrons. The summed E-state index contributed by atoms with van der Waals surface area (Å²) in [5, 5.41) is 13.3. The monoisotopic (exact) mass is 1180 g/mol. The van der Waals surface area contributed by atoms with Gasteiger partial charge in [0.2, 0.25) is 0 Å². The number of pyridine rings is 1. The molecule has 4 heterocycles. The Labute approximate surface area is 455 Å². The first-order valence-corrected chi connectivity index (χ1v) is 24.9. The van der Waals surface area contributed by atoms with Gasteiger partial charge >= 0.3 is 6.18 Å². The Morgan fingerprint density at radius 3 is 1.92 bits per heavy atom. The van der Waals surface area contributed by atoms with Crippen LogP contribution in [0.4, 0.5) is 13.2 Å². The van der Waals surface area contributed by atoms with Crippen molar-refractivity contribution in [1.29, 1.82) is 5.26 Å². The van der Waals surface area contributed by atoms with E-state index in [0.29, 0.717) is 39.2 Å². The Morgan fingerprint density at radius 1 is 0.658 bits per heavy atom. The molecule has 0 spiro atoms. The number of hydrogen-bond acceptors (Lipinski definition) is 5. The number of rotatable bonds is 9. The number of fused-ring (bicyclic) bond motifs is 8. The molecule has 6 nitrogen and oxygen atoms in total. The van der Waals surface area contributed by atoms with Gasteiger partial charge in [-0.15, -0.1) is 53.6 Å². The number of alkyl halides is 3. The number of furan rings is 2. The van der Waals surface area contributed by atoms with E-state index in [-0.39, 0.29) is 37.5 Å². The molecule has 0 N–H and O–H groups in total. The van der Waals surface area contributed by atoms with Gasteiger partial charge < -0.3 is 18.4 Å². The zero-order chi connectivity index (χ0) is 54.0. The van der Waals surface area contributed by atoms with E-state index in [0.717, 1.165) is 63.5 Å². The number of hydrogen-bond donors (Lipinski definition) is 0. The van der Waals surface area contributed by atoms with Crippen LogP contribution >= 0.6 is 0 Å². The maximum absolute atomic E-state index is 13.1. The normalized spacial score (nSPS) is 12.5. The molecule has 0 saturated heterocycles. The van der Waals surface area contributed by atoms with Gasteiger partial charge in [-0.25, -0.2) is 0 Å². The zero-order valence-electron chi connectivity index (χ0n) is 44.5. The second-order valence-corrected chi connectivity index (χ2v) is 19.9. The van der Waals surface area contributed by atoms with Crippen LogP contribution in [-0.2, 0) is 26.5 Å². The predicted molar refractivity (Wildman–Crippen MR) is 296 cm³/mol. The summed E-state index contributed by atoms with van der Waals surface area (Å²) in [5.41, 5.74) is 13.0. The molecule has 379 valence electrons. The minimum Gasteiger partial charge on any atom is -0.497 e. The van der Waals surface area contributed by atoms with E-state index in [4.69, 9.17) is 16.6 Å². The maximum Gasteiger partial charge on any atom is 0.393 e. The van der Waals surface area contributed by atoms with Gasteiger partial charge in [-0.1, -0.05) is 137 Å². The third-order valence-electron chi connectivity index (χ3n) is 13.8. The topological polar surface area (TPSA) is 80.8 Å². The van der Waals surface area contributed by atoms with Crippen molar-refractivity contribution in [3.63, 3.8) is 0 Å². The quantitative estimate of drug-likeness (QED) is 0.135. The molecule has 76 heavy (non-hydrogen) atoms. The summed E-state index contributed by atoms with van der Waals surface area (Å²) < 4.78 is 70.7. The molecule has 0 aliphatic heterocycles. The number of benzene rings is 8. The second kappa shape index (κ2) is 20.6.